The first-order chi connectivity index (χ1) is 11.0. The minimum atomic E-state index is -0.867. The van der Waals surface area contributed by atoms with E-state index >= 15 is 0 Å². The number of rotatable bonds is 3. The summed E-state index contributed by atoms with van der Waals surface area (Å²) < 4.78 is 5.60. The molecule has 1 heterocycles. The molecule has 0 fully saturated rings. The van der Waals surface area contributed by atoms with Crippen molar-refractivity contribution in [2.24, 2.45) is 0 Å². The van der Waals surface area contributed by atoms with Crippen molar-refractivity contribution in [3.63, 3.8) is 0 Å². The molecule has 0 spiro atoms. The van der Waals surface area contributed by atoms with E-state index in [9.17, 15) is 9.59 Å². The largest absolute Gasteiger partial charge is 0.478 e. The van der Waals surface area contributed by atoms with Crippen LogP contribution < -0.4 is 15.4 Å². The molecule has 3 rings (SSSR count). The quantitative estimate of drug-likeness (QED) is 0.906. The molecule has 1 atom stereocenters. The van der Waals surface area contributed by atoms with E-state index in [0.29, 0.717) is 22.1 Å². The molecular formula is C17H15ClN2O3. The Bertz CT molecular complexity index is 776. The van der Waals surface area contributed by atoms with E-state index < -0.39 is 6.10 Å². The number of ether oxygens (including phenoxy) is 1. The lowest BCUT2D eigenvalue weighted by molar-refractivity contribution is -0.128. The lowest BCUT2D eigenvalue weighted by Gasteiger charge is -2.25. The second kappa shape index (κ2) is 6.30. The monoisotopic (exact) mass is 330 g/mol. The van der Waals surface area contributed by atoms with E-state index in [1.807, 2.05) is 13.0 Å². The van der Waals surface area contributed by atoms with Crippen molar-refractivity contribution in [2.45, 2.75) is 19.4 Å². The van der Waals surface area contributed by atoms with E-state index in [1.165, 1.54) is 0 Å². The van der Waals surface area contributed by atoms with E-state index in [4.69, 9.17) is 16.3 Å². The smallest absolute Gasteiger partial charge is 0.266 e. The average molecular weight is 331 g/mol. The van der Waals surface area contributed by atoms with Crippen molar-refractivity contribution in [3.8, 4) is 5.75 Å². The molecule has 0 aliphatic carbocycles. The van der Waals surface area contributed by atoms with Crippen LogP contribution in [0.1, 0.15) is 12.0 Å². The third kappa shape index (κ3) is 3.46. The van der Waals surface area contributed by atoms with Gasteiger partial charge in [-0.2, -0.15) is 0 Å². The van der Waals surface area contributed by atoms with Crippen LogP contribution in [0.5, 0.6) is 5.75 Å². The maximum absolute atomic E-state index is 12.1. The molecule has 0 bridgehead atoms. The summed E-state index contributed by atoms with van der Waals surface area (Å²) in [5, 5.41) is 5.88. The third-order valence-electron chi connectivity index (χ3n) is 3.48. The molecule has 0 aromatic heterocycles. The molecule has 0 saturated heterocycles. The highest BCUT2D eigenvalue weighted by molar-refractivity contribution is 6.33. The zero-order chi connectivity index (χ0) is 16.4. The maximum Gasteiger partial charge on any atom is 0.266 e. The topological polar surface area (TPSA) is 67.4 Å². The van der Waals surface area contributed by atoms with E-state index in [0.717, 1.165) is 5.56 Å². The van der Waals surface area contributed by atoms with Crippen LogP contribution in [0.3, 0.4) is 0 Å². The predicted octanol–water partition coefficient (Wildman–Crippen LogP) is 3.38. The van der Waals surface area contributed by atoms with E-state index in [-0.39, 0.29) is 18.2 Å². The van der Waals surface area contributed by atoms with Crippen molar-refractivity contribution in [3.05, 3.63) is 53.1 Å². The van der Waals surface area contributed by atoms with Crippen LogP contribution in [0.2, 0.25) is 5.02 Å². The van der Waals surface area contributed by atoms with Crippen molar-refractivity contribution >= 4 is 34.8 Å². The number of anilines is 2. The SMILES string of the molecule is Cc1ccc(NC(=O)C[C@@H]2Oc3ccccc3NC2=O)c(Cl)c1. The molecule has 1 aliphatic rings. The van der Waals surface area contributed by atoms with Crippen LogP contribution in [0.25, 0.3) is 0 Å². The third-order valence-corrected chi connectivity index (χ3v) is 3.79. The summed E-state index contributed by atoms with van der Waals surface area (Å²) in [5.74, 6) is -0.123. The Balaban J connectivity index is 1.67. The first-order valence-electron chi connectivity index (χ1n) is 7.15. The van der Waals surface area contributed by atoms with Gasteiger partial charge in [-0.3, -0.25) is 9.59 Å². The molecule has 2 aromatic carbocycles. The van der Waals surface area contributed by atoms with Gasteiger partial charge < -0.3 is 15.4 Å². The van der Waals surface area contributed by atoms with Crippen LogP contribution in [0.15, 0.2) is 42.5 Å². The molecule has 0 saturated carbocycles. The normalized spacial score (nSPS) is 16.1. The fourth-order valence-corrected chi connectivity index (χ4v) is 2.60. The number of carbonyl (C=O) groups is 2. The first kappa shape index (κ1) is 15.4. The van der Waals surface area contributed by atoms with Gasteiger partial charge >= 0.3 is 0 Å². The zero-order valence-corrected chi connectivity index (χ0v) is 13.2. The average Bonchev–Trinajstić information content (AvgIpc) is 2.51. The van der Waals surface area contributed by atoms with Gasteiger partial charge in [-0.15, -0.1) is 0 Å². The Labute approximate surface area is 138 Å². The standard InChI is InChI=1S/C17H15ClN2O3/c1-10-6-7-12(11(18)8-10)19-16(21)9-15-17(22)20-13-4-2-3-5-14(13)23-15/h2-8,15H,9H2,1H3,(H,19,21)(H,20,22)/t15-/m0/s1. The molecule has 6 heteroatoms. The van der Waals surface area contributed by atoms with Crippen molar-refractivity contribution < 1.29 is 14.3 Å². The van der Waals surface area contributed by atoms with Gasteiger partial charge in [0.05, 0.1) is 22.8 Å². The molecule has 0 unspecified atom stereocenters. The molecule has 2 N–H and O–H groups in total. The van der Waals surface area contributed by atoms with Crippen molar-refractivity contribution in [1.82, 2.24) is 0 Å². The fraction of sp³-hybridized carbons (Fsp3) is 0.176. The summed E-state index contributed by atoms with van der Waals surface area (Å²) in [4.78, 5) is 24.2. The summed E-state index contributed by atoms with van der Waals surface area (Å²) in [6, 6.07) is 12.4. The van der Waals surface area contributed by atoms with Crippen molar-refractivity contribution in [2.75, 3.05) is 10.6 Å². The molecule has 5 nitrogen and oxygen atoms in total. The number of benzene rings is 2. The van der Waals surface area contributed by atoms with E-state index in [1.54, 1.807) is 36.4 Å². The Morgan fingerprint density at radius 3 is 2.87 bits per heavy atom. The number of aryl methyl sites for hydroxylation is 1. The predicted molar refractivity (Wildman–Crippen MR) is 88.9 cm³/mol. The van der Waals surface area contributed by atoms with Crippen LogP contribution in [-0.2, 0) is 9.59 Å². The summed E-state index contributed by atoms with van der Waals surface area (Å²) >= 11 is 6.09. The second-order valence-electron chi connectivity index (χ2n) is 5.33. The summed E-state index contributed by atoms with van der Waals surface area (Å²) in [5.41, 5.74) is 2.12. The molecule has 0 radical (unpaired) electrons. The second-order valence-corrected chi connectivity index (χ2v) is 5.73. The summed E-state index contributed by atoms with van der Waals surface area (Å²) in [6.45, 7) is 1.91. The highest BCUT2D eigenvalue weighted by Crippen LogP contribution is 2.30. The lowest BCUT2D eigenvalue weighted by atomic mass is 10.1. The first-order valence-corrected chi connectivity index (χ1v) is 7.53. The van der Waals surface area contributed by atoms with Gasteiger partial charge in [0.25, 0.3) is 5.91 Å². The van der Waals surface area contributed by atoms with Gasteiger partial charge in [0.2, 0.25) is 5.91 Å². The molecule has 118 valence electrons. The molecule has 2 amide bonds. The van der Waals surface area contributed by atoms with Crippen LogP contribution in [0.4, 0.5) is 11.4 Å². The zero-order valence-electron chi connectivity index (χ0n) is 12.4. The highest BCUT2D eigenvalue weighted by atomic mass is 35.5. The Hall–Kier alpha value is -2.53. The number of fused-ring (bicyclic) bond motifs is 1. The molecule has 23 heavy (non-hydrogen) atoms. The van der Waals surface area contributed by atoms with Crippen LogP contribution >= 0.6 is 11.6 Å². The lowest BCUT2D eigenvalue weighted by Crippen LogP contribution is -2.39. The van der Waals surface area contributed by atoms with Crippen LogP contribution in [0, 0.1) is 6.92 Å². The van der Waals surface area contributed by atoms with E-state index in [2.05, 4.69) is 10.6 Å². The van der Waals surface area contributed by atoms with Gasteiger partial charge in [0, 0.05) is 0 Å². The number of para-hydroxylation sites is 2. The maximum atomic E-state index is 12.1. The number of halogens is 1. The fourth-order valence-electron chi connectivity index (χ4n) is 2.32. The van der Waals surface area contributed by atoms with Crippen LogP contribution in [-0.4, -0.2) is 17.9 Å². The molecule has 2 aromatic rings. The highest BCUT2D eigenvalue weighted by Gasteiger charge is 2.29. The summed E-state index contributed by atoms with van der Waals surface area (Å²) in [7, 11) is 0. The van der Waals surface area contributed by atoms with Crippen molar-refractivity contribution in [1.29, 1.82) is 0 Å². The van der Waals surface area contributed by atoms with Gasteiger partial charge in [0.15, 0.2) is 6.10 Å². The Morgan fingerprint density at radius 2 is 2.09 bits per heavy atom. The van der Waals surface area contributed by atoms with Gasteiger partial charge in [-0.25, -0.2) is 0 Å². The number of carbonyl (C=O) groups excluding carboxylic acids is 2. The summed E-state index contributed by atoms with van der Waals surface area (Å²) in [6.07, 6.45) is -0.959. The van der Waals surface area contributed by atoms with Gasteiger partial charge in [-0.05, 0) is 36.8 Å². The number of hydrogen-bond donors (Lipinski definition) is 2. The number of hydrogen-bond acceptors (Lipinski definition) is 3. The number of amides is 2. The minimum absolute atomic E-state index is 0.0929. The van der Waals surface area contributed by atoms with Gasteiger partial charge in [-0.1, -0.05) is 29.8 Å². The minimum Gasteiger partial charge on any atom is -0.478 e. The Kier molecular flexibility index (Phi) is 4.21. The molecular weight excluding hydrogens is 316 g/mol. The van der Waals surface area contributed by atoms with Gasteiger partial charge in [0.1, 0.15) is 5.75 Å². The Morgan fingerprint density at radius 1 is 1.30 bits per heavy atom. The molecule has 1 aliphatic heterocycles. The number of nitrogens with one attached hydrogen (secondary N) is 2.